The number of amides is 1. The molecule has 0 aliphatic carbocycles. The van der Waals surface area contributed by atoms with Crippen molar-refractivity contribution < 1.29 is 13.2 Å². The molecule has 1 amide bonds. The van der Waals surface area contributed by atoms with Gasteiger partial charge in [0.15, 0.2) is 5.96 Å². The number of guanidine groups is 1. The van der Waals surface area contributed by atoms with Crippen molar-refractivity contribution in [2.45, 2.75) is 24.3 Å². The zero-order valence-electron chi connectivity index (χ0n) is 16.4. The van der Waals surface area contributed by atoms with Crippen LogP contribution < -0.4 is 10.6 Å². The van der Waals surface area contributed by atoms with Crippen LogP contribution in [0.3, 0.4) is 0 Å². The van der Waals surface area contributed by atoms with Crippen molar-refractivity contribution in [3.63, 3.8) is 0 Å². The van der Waals surface area contributed by atoms with Gasteiger partial charge in [0, 0.05) is 43.6 Å². The molecule has 7 nitrogen and oxygen atoms in total. The average Bonchev–Trinajstić information content (AvgIpc) is 2.61. The Balaban J connectivity index is 2.55. The summed E-state index contributed by atoms with van der Waals surface area (Å²) in [5.74, 6) is 1.36. The normalized spacial score (nSPS) is 13.1. The molecule has 0 radical (unpaired) electrons. The van der Waals surface area contributed by atoms with Crippen LogP contribution in [0.15, 0.2) is 40.2 Å². The van der Waals surface area contributed by atoms with E-state index in [0.29, 0.717) is 18.9 Å². The molecule has 0 fully saturated rings. The van der Waals surface area contributed by atoms with Gasteiger partial charge in [-0.25, -0.2) is 13.4 Å². The Bertz CT molecular complexity index is 707. The number of hydrogen-bond acceptors (Lipinski definition) is 5. The summed E-state index contributed by atoms with van der Waals surface area (Å²) in [6.07, 6.45) is 1.70. The molecular weight excluding hydrogens is 384 g/mol. The molecular formula is C18H30N4O3S2. The Hall–Kier alpha value is -1.74. The van der Waals surface area contributed by atoms with E-state index in [-0.39, 0.29) is 24.2 Å². The minimum Gasteiger partial charge on any atom is -0.356 e. The van der Waals surface area contributed by atoms with Gasteiger partial charge in [-0.15, -0.1) is 11.8 Å². The monoisotopic (exact) mass is 414 g/mol. The van der Waals surface area contributed by atoms with Crippen molar-refractivity contribution in [2.24, 2.45) is 4.99 Å². The Labute approximate surface area is 166 Å². The first-order valence-electron chi connectivity index (χ1n) is 8.78. The third kappa shape index (κ3) is 11.6. The fourth-order valence-corrected chi connectivity index (χ4v) is 3.56. The highest BCUT2D eigenvalue weighted by atomic mass is 32.2. The molecule has 27 heavy (non-hydrogen) atoms. The van der Waals surface area contributed by atoms with Gasteiger partial charge in [-0.05, 0) is 25.5 Å². The second-order valence-electron chi connectivity index (χ2n) is 6.51. The maximum absolute atomic E-state index is 11.8. The van der Waals surface area contributed by atoms with E-state index in [9.17, 15) is 13.2 Å². The number of thioether (sulfide) groups is 1. The Morgan fingerprint density at radius 1 is 1.26 bits per heavy atom. The van der Waals surface area contributed by atoms with E-state index in [4.69, 9.17) is 0 Å². The summed E-state index contributed by atoms with van der Waals surface area (Å²) in [4.78, 5) is 18.8. The van der Waals surface area contributed by atoms with Crippen molar-refractivity contribution in [3.8, 4) is 0 Å². The number of nitrogens with zero attached hydrogens (tertiary/aromatic N) is 2. The topological polar surface area (TPSA) is 90.9 Å². The molecule has 0 saturated heterocycles. The van der Waals surface area contributed by atoms with Crippen molar-refractivity contribution in [1.29, 1.82) is 0 Å². The molecule has 1 aromatic carbocycles. The second kappa shape index (κ2) is 11.9. The number of hydrogen-bond donors (Lipinski definition) is 2. The smallest absolute Gasteiger partial charge is 0.243 e. The molecule has 0 aliphatic heterocycles. The largest absolute Gasteiger partial charge is 0.356 e. The summed E-state index contributed by atoms with van der Waals surface area (Å²) in [6.45, 7) is 2.60. The van der Waals surface area contributed by atoms with Gasteiger partial charge < -0.3 is 15.5 Å². The summed E-state index contributed by atoms with van der Waals surface area (Å²) in [5, 5.41) is 6.39. The molecule has 0 aliphatic rings. The summed E-state index contributed by atoms with van der Waals surface area (Å²) in [5.41, 5.74) is 0. The Morgan fingerprint density at radius 2 is 1.93 bits per heavy atom. The summed E-state index contributed by atoms with van der Waals surface area (Å²) in [7, 11) is 0.360. The SMILES string of the molecule is CC(CCS(C)(=O)=O)NC(=NCC(=O)N(C)C)NCCSc1ccccc1. The molecule has 152 valence electrons. The standard InChI is InChI=1S/C18H30N4O3S2/c1-15(10-13-27(4,24)25)21-18(20-14-17(23)22(2)3)19-11-12-26-16-8-6-5-7-9-16/h5-9,15H,10-14H2,1-4H3,(H2,19,20,21). The first kappa shape index (κ1) is 23.3. The predicted octanol–water partition coefficient (Wildman–Crippen LogP) is 1.23. The van der Waals surface area contributed by atoms with E-state index in [0.717, 1.165) is 5.75 Å². The fourth-order valence-electron chi connectivity index (χ4n) is 1.99. The lowest BCUT2D eigenvalue weighted by Crippen LogP contribution is -2.44. The third-order valence-corrected chi connectivity index (χ3v) is 5.57. The van der Waals surface area contributed by atoms with Crippen LogP contribution in [-0.2, 0) is 14.6 Å². The van der Waals surface area contributed by atoms with E-state index < -0.39 is 9.84 Å². The average molecular weight is 415 g/mol. The van der Waals surface area contributed by atoms with Gasteiger partial charge in [-0.1, -0.05) is 18.2 Å². The number of nitrogens with one attached hydrogen (secondary N) is 2. The maximum Gasteiger partial charge on any atom is 0.243 e. The number of rotatable bonds is 10. The molecule has 0 heterocycles. The highest BCUT2D eigenvalue weighted by Gasteiger charge is 2.11. The van der Waals surface area contributed by atoms with Gasteiger partial charge in [0.2, 0.25) is 5.91 Å². The van der Waals surface area contributed by atoms with E-state index >= 15 is 0 Å². The zero-order chi connectivity index (χ0) is 20.3. The van der Waals surface area contributed by atoms with E-state index in [1.54, 1.807) is 25.9 Å². The molecule has 0 aromatic heterocycles. The van der Waals surface area contributed by atoms with Crippen LogP contribution in [0, 0.1) is 0 Å². The third-order valence-electron chi connectivity index (χ3n) is 3.58. The van der Waals surface area contributed by atoms with Crippen LogP contribution >= 0.6 is 11.8 Å². The molecule has 9 heteroatoms. The van der Waals surface area contributed by atoms with Crippen LogP contribution in [0.25, 0.3) is 0 Å². The minimum atomic E-state index is -3.01. The van der Waals surface area contributed by atoms with Crippen molar-refractivity contribution in [2.75, 3.05) is 44.9 Å². The molecule has 1 unspecified atom stereocenters. The van der Waals surface area contributed by atoms with Crippen molar-refractivity contribution >= 4 is 33.5 Å². The highest BCUT2D eigenvalue weighted by Crippen LogP contribution is 2.15. The Kier molecular flexibility index (Phi) is 10.2. The number of carbonyl (C=O) groups is 1. The zero-order valence-corrected chi connectivity index (χ0v) is 18.1. The second-order valence-corrected chi connectivity index (χ2v) is 9.93. The summed E-state index contributed by atoms with van der Waals surface area (Å²) >= 11 is 1.72. The van der Waals surface area contributed by atoms with Gasteiger partial charge in [0.05, 0.1) is 5.75 Å². The lowest BCUT2D eigenvalue weighted by Gasteiger charge is -2.18. The van der Waals surface area contributed by atoms with Gasteiger partial charge in [-0.2, -0.15) is 0 Å². The number of benzene rings is 1. The van der Waals surface area contributed by atoms with Crippen molar-refractivity contribution in [1.82, 2.24) is 15.5 Å². The van der Waals surface area contributed by atoms with Gasteiger partial charge >= 0.3 is 0 Å². The molecule has 1 rings (SSSR count). The number of sulfone groups is 1. The first-order valence-corrected chi connectivity index (χ1v) is 11.8. The lowest BCUT2D eigenvalue weighted by atomic mass is 10.3. The van der Waals surface area contributed by atoms with Gasteiger partial charge in [0.25, 0.3) is 0 Å². The molecule has 0 spiro atoms. The predicted molar refractivity (Wildman–Crippen MR) is 113 cm³/mol. The minimum absolute atomic E-state index is 0.0347. The van der Waals surface area contributed by atoms with Crippen molar-refractivity contribution in [3.05, 3.63) is 30.3 Å². The summed E-state index contributed by atoms with van der Waals surface area (Å²) < 4.78 is 22.7. The lowest BCUT2D eigenvalue weighted by molar-refractivity contribution is -0.127. The fraction of sp³-hybridized carbons (Fsp3) is 0.556. The van der Waals surface area contributed by atoms with E-state index in [1.165, 1.54) is 16.1 Å². The van der Waals surface area contributed by atoms with Gasteiger partial charge in [0.1, 0.15) is 16.4 Å². The molecule has 1 atom stereocenters. The van der Waals surface area contributed by atoms with Crippen LogP contribution in [0.1, 0.15) is 13.3 Å². The quantitative estimate of drug-likeness (QED) is 0.259. The van der Waals surface area contributed by atoms with Gasteiger partial charge in [-0.3, -0.25) is 4.79 Å². The summed E-state index contributed by atoms with van der Waals surface area (Å²) in [6, 6.07) is 10.0. The van der Waals surface area contributed by atoms with Crippen LogP contribution in [-0.4, -0.2) is 76.2 Å². The molecule has 0 saturated carbocycles. The maximum atomic E-state index is 11.8. The first-order chi connectivity index (χ1) is 12.7. The number of likely N-dealkylation sites (N-methyl/N-ethyl adjacent to an activating group) is 1. The van der Waals surface area contributed by atoms with Crippen LogP contribution in [0.4, 0.5) is 0 Å². The van der Waals surface area contributed by atoms with Crippen LogP contribution in [0.2, 0.25) is 0 Å². The number of aliphatic imine (C=N–C) groups is 1. The van der Waals surface area contributed by atoms with E-state index in [2.05, 4.69) is 27.8 Å². The molecule has 1 aromatic rings. The molecule has 0 bridgehead atoms. The number of carbonyl (C=O) groups excluding carboxylic acids is 1. The van der Waals surface area contributed by atoms with E-state index in [1.807, 2.05) is 25.1 Å². The Morgan fingerprint density at radius 3 is 2.52 bits per heavy atom. The highest BCUT2D eigenvalue weighted by molar-refractivity contribution is 7.99. The molecule has 2 N–H and O–H groups in total. The van der Waals surface area contributed by atoms with Crippen LogP contribution in [0.5, 0.6) is 0 Å².